The van der Waals surface area contributed by atoms with Crippen LogP contribution in [0.4, 0.5) is 5.69 Å². The molecule has 0 amide bonds. The summed E-state index contributed by atoms with van der Waals surface area (Å²) >= 11 is 9.30. The molecule has 0 N–H and O–H groups in total. The third-order valence-corrected chi connectivity index (χ3v) is 4.42. The van der Waals surface area contributed by atoms with Crippen LogP contribution in [0.15, 0.2) is 41.0 Å². The quantitative estimate of drug-likeness (QED) is 0.490. The van der Waals surface area contributed by atoms with Gasteiger partial charge >= 0.3 is 0 Å². The maximum absolute atomic E-state index is 11.0. The van der Waals surface area contributed by atoms with Crippen molar-refractivity contribution in [2.45, 2.75) is 6.92 Å². The molecule has 3 aromatic rings. The van der Waals surface area contributed by atoms with Gasteiger partial charge in [0.05, 0.1) is 10.6 Å². The van der Waals surface area contributed by atoms with Gasteiger partial charge in [0.25, 0.3) is 5.69 Å². The van der Waals surface area contributed by atoms with E-state index in [2.05, 4.69) is 20.9 Å². The Hall–Kier alpha value is -1.92. The molecule has 0 radical (unpaired) electrons. The molecule has 2 heterocycles. The number of hydrogen-bond donors (Lipinski definition) is 0. The number of nitrogens with zero attached hydrogens (tertiary/aromatic N) is 3. The van der Waals surface area contributed by atoms with E-state index in [-0.39, 0.29) is 10.7 Å². The monoisotopic (exact) mass is 365 g/mol. The van der Waals surface area contributed by atoms with Crippen LogP contribution in [-0.4, -0.2) is 14.3 Å². The SMILES string of the molecule is Cc1c(Br)ccc2nc(-c3ccc(Cl)c([N+](=O)[O-])c3)cn12. The number of imidazole rings is 1. The molecule has 7 heteroatoms. The molecule has 2 aromatic heterocycles. The minimum atomic E-state index is -0.497. The Balaban J connectivity index is 2.19. The Kier molecular flexibility index (Phi) is 3.43. The average molecular weight is 367 g/mol. The van der Waals surface area contributed by atoms with Crippen molar-refractivity contribution in [1.82, 2.24) is 9.38 Å². The van der Waals surface area contributed by atoms with E-state index < -0.39 is 4.92 Å². The fourth-order valence-electron chi connectivity index (χ4n) is 2.12. The molecular formula is C14H9BrClN3O2. The van der Waals surface area contributed by atoms with Crippen molar-refractivity contribution in [2.75, 3.05) is 0 Å². The van der Waals surface area contributed by atoms with Gasteiger partial charge in [-0.2, -0.15) is 0 Å². The first-order chi connectivity index (χ1) is 9.97. The molecule has 0 saturated carbocycles. The van der Waals surface area contributed by atoms with Gasteiger partial charge in [-0.25, -0.2) is 4.98 Å². The second-order valence-corrected chi connectivity index (χ2v) is 5.81. The summed E-state index contributed by atoms with van der Waals surface area (Å²) in [5, 5.41) is 11.1. The van der Waals surface area contributed by atoms with Gasteiger partial charge in [-0.15, -0.1) is 0 Å². The van der Waals surface area contributed by atoms with E-state index in [9.17, 15) is 10.1 Å². The van der Waals surface area contributed by atoms with Crippen molar-refractivity contribution in [2.24, 2.45) is 0 Å². The first-order valence-corrected chi connectivity index (χ1v) is 7.23. The van der Waals surface area contributed by atoms with Crippen molar-refractivity contribution in [3.05, 3.63) is 61.8 Å². The van der Waals surface area contributed by atoms with Crippen molar-refractivity contribution in [3.63, 3.8) is 0 Å². The van der Waals surface area contributed by atoms with Crippen LogP contribution in [0.3, 0.4) is 0 Å². The third kappa shape index (κ3) is 2.41. The Bertz CT molecular complexity index is 876. The van der Waals surface area contributed by atoms with E-state index in [0.29, 0.717) is 11.3 Å². The highest BCUT2D eigenvalue weighted by atomic mass is 79.9. The molecule has 0 saturated heterocycles. The summed E-state index contributed by atoms with van der Waals surface area (Å²) in [5.74, 6) is 0. The first-order valence-electron chi connectivity index (χ1n) is 6.06. The summed E-state index contributed by atoms with van der Waals surface area (Å²) in [6.07, 6.45) is 1.85. The smallest absolute Gasteiger partial charge is 0.288 e. The molecule has 5 nitrogen and oxygen atoms in total. The highest BCUT2D eigenvalue weighted by Gasteiger charge is 2.15. The normalized spacial score (nSPS) is 11.0. The predicted octanol–water partition coefficient (Wildman–Crippen LogP) is 4.63. The first kappa shape index (κ1) is 14.0. The molecule has 1 aromatic carbocycles. The summed E-state index contributed by atoms with van der Waals surface area (Å²) in [5.41, 5.74) is 2.99. The van der Waals surface area contributed by atoms with Crippen molar-refractivity contribution in [1.29, 1.82) is 0 Å². The topological polar surface area (TPSA) is 60.4 Å². The third-order valence-electron chi connectivity index (χ3n) is 3.26. The molecule has 21 heavy (non-hydrogen) atoms. The van der Waals surface area contributed by atoms with Crippen LogP contribution < -0.4 is 0 Å². The van der Waals surface area contributed by atoms with Gasteiger partial charge in [-0.1, -0.05) is 17.7 Å². The highest BCUT2D eigenvalue weighted by molar-refractivity contribution is 9.10. The van der Waals surface area contributed by atoms with Gasteiger partial charge in [0.2, 0.25) is 0 Å². The fourth-order valence-corrected chi connectivity index (χ4v) is 2.62. The van der Waals surface area contributed by atoms with Gasteiger partial charge in [0, 0.05) is 28.0 Å². The largest absolute Gasteiger partial charge is 0.303 e. The Labute approximate surface area is 133 Å². The number of hydrogen-bond acceptors (Lipinski definition) is 3. The van der Waals surface area contributed by atoms with E-state index in [0.717, 1.165) is 15.8 Å². The zero-order chi connectivity index (χ0) is 15.1. The summed E-state index contributed by atoms with van der Waals surface area (Å²) in [4.78, 5) is 15.0. The van der Waals surface area contributed by atoms with E-state index in [1.807, 2.05) is 29.7 Å². The summed E-state index contributed by atoms with van der Waals surface area (Å²) in [6, 6.07) is 8.48. The van der Waals surface area contributed by atoms with Crippen LogP contribution in [0, 0.1) is 17.0 Å². The second kappa shape index (κ2) is 5.13. The van der Waals surface area contributed by atoms with Crippen LogP contribution in [0.1, 0.15) is 5.69 Å². The van der Waals surface area contributed by atoms with E-state index in [1.54, 1.807) is 6.07 Å². The number of aryl methyl sites for hydroxylation is 1. The minimum Gasteiger partial charge on any atom is -0.303 e. The van der Waals surface area contributed by atoms with Gasteiger partial charge in [0.1, 0.15) is 10.7 Å². The fraction of sp³-hybridized carbons (Fsp3) is 0.0714. The Morgan fingerprint density at radius 2 is 2.10 bits per heavy atom. The number of rotatable bonds is 2. The number of fused-ring (bicyclic) bond motifs is 1. The van der Waals surface area contributed by atoms with Gasteiger partial charge in [-0.05, 0) is 41.1 Å². The number of nitro groups is 1. The zero-order valence-corrected chi connectivity index (χ0v) is 13.2. The van der Waals surface area contributed by atoms with Crippen LogP contribution in [0.25, 0.3) is 16.9 Å². The molecule has 0 spiro atoms. The minimum absolute atomic E-state index is 0.117. The lowest BCUT2D eigenvalue weighted by Gasteiger charge is -2.00. The van der Waals surface area contributed by atoms with Gasteiger partial charge in [0.15, 0.2) is 0 Å². The molecule has 0 fully saturated rings. The summed E-state index contributed by atoms with van der Waals surface area (Å²) in [7, 11) is 0. The number of benzene rings is 1. The maximum Gasteiger partial charge on any atom is 0.288 e. The lowest BCUT2D eigenvalue weighted by atomic mass is 10.1. The van der Waals surface area contributed by atoms with Crippen LogP contribution in [0.2, 0.25) is 5.02 Å². The van der Waals surface area contributed by atoms with Crippen LogP contribution in [-0.2, 0) is 0 Å². The molecule has 106 valence electrons. The molecular weight excluding hydrogens is 358 g/mol. The molecule has 0 aliphatic carbocycles. The second-order valence-electron chi connectivity index (χ2n) is 4.54. The number of halogens is 2. The van der Waals surface area contributed by atoms with E-state index in [4.69, 9.17) is 11.6 Å². The predicted molar refractivity (Wildman–Crippen MR) is 84.7 cm³/mol. The maximum atomic E-state index is 11.0. The Morgan fingerprint density at radius 1 is 1.33 bits per heavy atom. The number of pyridine rings is 1. The van der Waals surface area contributed by atoms with Crippen molar-refractivity contribution >= 4 is 38.9 Å². The lowest BCUT2D eigenvalue weighted by molar-refractivity contribution is -0.384. The molecule has 0 aliphatic heterocycles. The standard InChI is InChI=1S/C14H9BrClN3O2/c1-8-10(15)3-5-14-17-12(7-18(8)14)9-2-4-11(16)13(6-9)19(20)21/h2-7H,1H3. The number of nitro benzene ring substituents is 1. The molecule has 0 bridgehead atoms. The average Bonchev–Trinajstić information content (AvgIpc) is 2.88. The van der Waals surface area contributed by atoms with Crippen molar-refractivity contribution in [3.8, 4) is 11.3 Å². The molecule has 0 aliphatic rings. The van der Waals surface area contributed by atoms with Crippen molar-refractivity contribution < 1.29 is 4.92 Å². The lowest BCUT2D eigenvalue weighted by Crippen LogP contribution is -1.90. The van der Waals surface area contributed by atoms with Crippen LogP contribution >= 0.6 is 27.5 Å². The summed E-state index contributed by atoms with van der Waals surface area (Å²) < 4.78 is 2.90. The summed E-state index contributed by atoms with van der Waals surface area (Å²) in [6.45, 7) is 1.97. The van der Waals surface area contributed by atoms with E-state index in [1.165, 1.54) is 12.1 Å². The van der Waals surface area contributed by atoms with Gasteiger partial charge < -0.3 is 4.40 Å². The highest BCUT2D eigenvalue weighted by Crippen LogP contribution is 2.30. The molecule has 3 rings (SSSR count). The zero-order valence-electron chi connectivity index (χ0n) is 10.9. The Morgan fingerprint density at radius 3 is 2.81 bits per heavy atom. The van der Waals surface area contributed by atoms with Crippen LogP contribution in [0.5, 0.6) is 0 Å². The number of aromatic nitrogens is 2. The van der Waals surface area contributed by atoms with Gasteiger partial charge in [-0.3, -0.25) is 10.1 Å². The molecule has 0 unspecified atom stereocenters. The molecule has 0 atom stereocenters. The van der Waals surface area contributed by atoms with E-state index >= 15 is 0 Å².